The number of rotatable bonds is 5. The zero-order valence-electron chi connectivity index (χ0n) is 15.6. The quantitative estimate of drug-likeness (QED) is 0.455. The maximum Gasteiger partial charge on any atom is 0.349 e. The zero-order valence-corrected chi connectivity index (χ0v) is 15.6. The van der Waals surface area contributed by atoms with E-state index in [1.165, 1.54) is 6.08 Å². The molecule has 0 N–H and O–H groups in total. The summed E-state index contributed by atoms with van der Waals surface area (Å²) in [5, 5.41) is 9.26. The first-order valence-corrected chi connectivity index (χ1v) is 8.93. The Balaban J connectivity index is 1.65. The number of nitrogens with zero attached hydrogens (tertiary/aromatic N) is 2. The molecular formula is C22H20N2O4. The fraction of sp³-hybridized carbons (Fsp3) is 0.227. The predicted molar refractivity (Wildman–Crippen MR) is 105 cm³/mol. The van der Waals surface area contributed by atoms with Crippen molar-refractivity contribution in [2.24, 2.45) is 0 Å². The van der Waals surface area contributed by atoms with E-state index < -0.39 is 12.6 Å². The lowest BCUT2D eigenvalue weighted by Crippen LogP contribution is -2.38. The summed E-state index contributed by atoms with van der Waals surface area (Å²) in [5.74, 6) is -0.454. The first-order chi connectivity index (χ1) is 13.6. The molecule has 6 heteroatoms. The van der Waals surface area contributed by atoms with E-state index in [2.05, 4.69) is 0 Å². The standard InChI is InChI=1S/C22H20N2O4/c1-27-19-10-8-16(9-11-19)13-18(14-23)22(26)28-15-21(25)24-12-4-6-17-5-2-3-7-20(17)24/h2-3,5,7-11,13H,4,6,12,15H2,1H3/b18-13+. The molecular weight excluding hydrogens is 356 g/mol. The molecule has 142 valence electrons. The van der Waals surface area contributed by atoms with Crippen LogP contribution in [0.4, 0.5) is 5.69 Å². The fourth-order valence-electron chi connectivity index (χ4n) is 3.08. The van der Waals surface area contributed by atoms with Crippen molar-refractivity contribution in [3.63, 3.8) is 0 Å². The number of carbonyl (C=O) groups excluding carboxylic acids is 2. The van der Waals surface area contributed by atoms with Gasteiger partial charge in [0.15, 0.2) is 6.61 Å². The van der Waals surface area contributed by atoms with Crippen LogP contribution in [-0.4, -0.2) is 32.1 Å². The summed E-state index contributed by atoms with van der Waals surface area (Å²) in [6.45, 7) is 0.176. The number of aryl methyl sites for hydroxylation is 1. The molecule has 0 fully saturated rings. The van der Waals surface area contributed by atoms with E-state index >= 15 is 0 Å². The van der Waals surface area contributed by atoms with Crippen LogP contribution in [0.3, 0.4) is 0 Å². The van der Waals surface area contributed by atoms with E-state index in [0.717, 1.165) is 24.1 Å². The van der Waals surface area contributed by atoms with Gasteiger partial charge in [0.05, 0.1) is 7.11 Å². The van der Waals surface area contributed by atoms with E-state index in [4.69, 9.17) is 9.47 Å². The van der Waals surface area contributed by atoms with Crippen LogP contribution in [0.25, 0.3) is 6.08 Å². The summed E-state index contributed by atoms with van der Waals surface area (Å²) in [5.41, 5.74) is 2.44. The Bertz CT molecular complexity index is 942. The second-order valence-electron chi connectivity index (χ2n) is 6.30. The summed E-state index contributed by atoms with van der Waals surface area (Å²) in [4.78, 5) is 26.4. The van der Waals surface area contributed by atoms with Crippen LogP contribution in [0.2, 0.25) is 0 Å². The van der Waals surface area contributed by atoms with Crippen molar-refractivity contribution in [1.82, 2.24) is 0 Å². The lowest BCUT2D eigenvalue weighted by molar-refractivity contribution is -0.143. The first kappa shape index (κ1) is 19.2. The van der Waals surface area contributed by atoms with Gasteiger partial charge >= 0.3 is 5.97 Å². The van der Waals surface area contributed by atoms with Gasteiger partial charge in [0.1, 0.15) is 17.4 Å². The summed E-state index contributed by atoms with van der Waals surface area (Å²) in [6, 6.07) is 16.4. The number of benzene rings is 2. The molecule has 2 aromatic carbocycles. The lowest BCUT2D eigenvalue weighted by atomic mass is 10.0. The second-order valence-corrected chi connectivity index (χ2v) is 6.30. The Morgan fingerprint density at radius 3 is 2.64 bits per heavy atom. The number of esters is 1. The number of hydrogen-bond acceptors (Lipinski definition) is 5. The molecule has 0 unspecified atom stereocenters. The molecule has 28 heavy (non-hydrogen) atoms. The highest BCUT2D eigenvalue weighted by molar-refractivity contribution is 6.01. The Morgan fingerprint density at radius 2 is 1.93 bits per heavy atom. The minimum Gasteiger partial charge on any atom is -0.497 e. The van der Waals surface area contributed by atoms with Gasteiger partial charge in [0.25, 0.3) is 5.91 Å². The largest absolute Gasteiger partial charge is 0.497 e. The van der Waals surface area contributed by atoms with Gasteiger partial charge in [-0.2, -0.15) is 5.26 Å². The van der Waals surface area contributed by atoms with Crippen LogP contribution in [0.15, 0.2) is 54.1 Å². The smallest absolute Gasteiger partial charge is 0.349 e. The van der Waals surface area contributed by atoms with Crippen molar-refractivity contribution in [2.75, 3.05) is 25.2 Å². The average molecular weight is 376 g/mol. The molecule has 0 atom stereocenters. The van der Waals surface area contributed by atoms with Crippen molar-refractivity contribution >= 4 is 23.6 Å². The Labute approximate surface area is 163 Å². The first-order valence-electron chi connectivity index (χ1n) is 8.93. The molecule has 3 rings (SSSR count). The number of hydrogen-bond donors (Lipinski definition) is 0. The molecule has 0 radical (unpaired) electrons. The molecule has 1 aliphatic rings. The van der Waals surface area contributed by atoms with Crippen LogP contribution in [0, 0.1) is 11.3 Å². The molecule has 1 aliphatic heterocycles. The topological polar surface area (TPSA) is 79.6 Å². The van der Waals surface area contributed by atoms with Crippen molar-refractivity contribution in [3.8, 4) is 11.8 Å². The number of ether oxygens (including phenoxy) is 2. The highest BCUT2D eigenvalue weighted by Crippen LogP contribution is 2.26. The highest BCUT2D eigenvalue weighted by Gasteiger charge is 2.23. The number of amides is 1. The van der Waals surface area contributed by atoms with Crippen molar-refractivity contribution in [3.05, 3.63) is 65.2 Å². The Hall–Kier alpha value is -3.59. The normalized spacial score (nSPS) is 13.3. The summed E-state index contributed by atoms with van der Waals surface area (Å²) < 4.78 is 10.2. The van der Waals surface area contributed by atoms with E-state index in [-0.39, 0.29) is 11.5 Å². The van der Waals surface area contributed by atoms with Crippen LogP contribution in [-0.2, 0) is 20.7 Å². The van der Waals surface area contributed by atoms with Gasteiger partial charge in [-0.05, 0) is 48.2 Å². The molecule has 0 aromatic heterocycles. The number of anilines is 1. The van der Waals surface area contributed by atoms with Crippen molar-refractivity contribution in [1.29, 1.82) is 5.26 Å². The van der Waals surface area contributed by atoms with Gasteiger partial charge in [-0.25, -0.2) is 4.79 Å². The van der Waals surface area contributed by atoms with Crippen LogP contribution in [0.5, 0.6) is 5.75 Å². The third kappa shape index (κ3) is 4.38. The Morgan fingerprint density at radius 1 is 1.18 bits per heavy atom. The summed E-state index contributed by atoms with van der Waals surface area (Å²) >= 11 is 0. The van der Waals surface area contributed by atoms with Gasteiger partial charge in [0, 0.05) is 12.2 Å². The zero-order chi connectivity index (χ0) is 19.9. The lowest BCUT2D eigenvalue weighted by Gasteiger charge is -2.29. The third-order valence-electron chi connectivity index (χ3n) is 4.51. The van der Waals surface area contributed by atoms with Crippen LogP contribution in [0.1, 0.15) is 17.5 Å². The van der Waals surface area contributed by atoms with Gasteiger partial charge in [-0.3, -0.25) is 4.79 Å². The number of fused-ring (bicyclic) bond motifs is 1. The molecule has 0 saturated heterocycles. The molecule has 6 nitrogen and oxygen atoms in total. The molecule has 1 heterocycles. The fourth-order valence-corrected chi connectivity index (χ4v) is 3.08. The maximum atomic E-state index is 12.5. The van der Waals surface area contributed by atoms with Crippen LogP contribution >= 0.6 is 0 Å². The van der Waals surface area contributed by atoms with Gasteiger partial charge in [0.2, 0.25) is 0 Å². The summed E-state index contributed by atoms with van der Waals surface area (Å²) in [7, 11) is 1.56. The predicted octanol–water partition coefficient (Wildman–Crippen LogP) is 3.12. The van der Waals surface area contributed by atoms with Gasteiger partial charge in [-0.15, -0.1) is 0 Å². The SMILES string of the molecule is COc1ccc(/C=C(\C#N)C(=O)OCC(=O)N2CCCc3ccccc32)cc1. The average Bonchev–Trinajstić information content (AvgIpc) is 2.75. The van der Waals surface area contributed by atoms with Crippen molar-refractivity contribution < 1.29 is 19.1 Å². The number of methoxy groups -OCH3 is 1. The van der Waals surface area contributed by atoms with E-state index in [1.807, 2.05) is 30.3 Å². The maximum absolute atomic E-state index is 12.5. The monoisotopic (exact) mass is 376 g/mol. The summed E-state index contributed by atoms with van der Waals surface area (Å²) in [6.07, 6.45) is 3.20. The van der Waals surface area contributed by atoms with E-state index in [0.29, 0.717) is 17.9 Å². The molecule has 2 aromatic rings. The van der Waals surface area contributed by atoms with Gasteiger partial charge < -0.3 is 14.4 Å². The molecule has 1 amide bonds. The highest BCUT2D eigenvalue weighted by atomic mass is 16.5. The molecule has 0 saturated carbocycles. The van der Waals surface area contributed by atoms with E-state index in [1.54, 1.807) is 36.3 Å². The number of carbonyl (C=O) groups is 2. The second kappa shape index (κ2) is 8.87. The minimum absolute atomic E-state index is 0.169. The minimum atomic E-state index is -0.822. The Kier molecular flexibility index (Phi) is 6.07. The molecule has 0 aliphatic carbocycles. The molecule has 0 bridgehead atoms. The van der Waals surface area contributed by atoms with E-state index in [9.17, 15) is 14.9 Å². The number of para-hydroxylation sites is 1. The number of nitriles is 1. The molecule has 0 spiro atoms. The van der Waals surface area contributed by atoms with Crippen LogP contribution < -0.4 is 9.64 Å². The third-order valence-corrected chi connectivity index (χ3v) is 4.51. The van der Waals surface area contributed by atoms with Crippen molar-refractivity contribution in [2.45, 2.75) is 12.8 Å². The van der Waals surface area contributed by atoms with Gasteiger partial charge in [-0.1, -0.05) is 30.3 Å².